The number of rotatable bonds is 3. The maximum atomic E-state index is 5.50. The van der Waals surface area contributed by atoms with Crippen LogP contribution in [0.4, 0.5) is 5.69 Å². The highest BCUT2D eigenvalue weighted by molar-refractivity contribution is 5.30. The summed E-state index contributed by atoms with van der Waals surface area (Å²) in [4.78, 5) is 8.39. The van der Waals surface area contributed by atoms with Gasteiger partial charge in [-0.1, -0.05) is 20.8 Å². The molecule has 1 aromatic heterocycles. The Hall–Kier alpha value is -1.12. The Balaban J connectivity index is 2.66. The number of anilines is 1. The van der Waals surface area contributed by atoms with Gasteiger partial charge in [-0.2, -0.15) is 0 Å². The number of hydrogen-bond donors (Lipinski definition) is 1. The summed E-state index contributed by atoms with van der Waals surface area (Å²) in [5.74, 6) is 1.99. The van der Waals surface area contributed by atoms with E-state index in [0.717, 1.165) is 12.2 Å². The SMILES string of the molecule is CC(C)CC(C)c1ncc(N)cn1. The van der Waals surface area contributed by atoms with E-state index in [4.69, 9.17) is 5.73 Å². The highest BCUT2D eigenvalue weighted by atomic mass is 14.9. The van der Waals surface area contributed by atoms with E-state index < -0.39 is 0 Å². The Kier molecular flexibility index (Phi) is 3.23. The molecule has 0 amide bonds. The van der Waals surface area contributed by atoms with Crippen molar-refractivity contribution < 1.29 is 0 Å². The molecule has 3 nitrogen and oxygen atoms in total. The predicted octanol–water partition coefficient (Wildman–Crippen LogP) is 2.21. The molecule has 0 fully saturated rings. The zero-order valence-corrected chi connectivity index (χ0v) is 8.49. The molecule has 1 aromatic rings. The highest BCUT2D eigenvalue weighted by Crippen LogP contribution is 2.19. The third-order valence-corrected chi connectivity index (χ3v) is 1.96. The normalized spacial score (nSPS) is 13.2. The molecule has 1 atom stereocenters. The monoisotopic (exact) mass is 179 g/mol. The predicted molar refractivity (Wildman–Crippen MR) is 54.3 cm³/mol. The quantitative estimate of drug-likeness (QED) is 0.774. The second kappa shape index (κ2) is 4.21. The van der Waals surface area contributed by atoms with E-state index in [1.54, 1.807) is 12.4 Å². The van der Waals surface area contributed by atoms with E-state index in [9.17, 15) is 0 Å². The largest absolute Gasteiger partial charge is 0.396 e. The molecular formula is C10H17N3. The first-order chi connectivity index (χ1) is 6.09. The molecule has 1 unspecified atom stereocenters. The zero-order valence-electron chi connectivity index (χ0n) is 8.49. The third-order valence-electron chi connectivity index (χ3n) is 1.96. The number of nitrogen functional groups attached to an aromatic ring is 1. The topological polar surface area (TPSA) is 51.8 Å². The smallest absolute Gasteiger partial charge is 0.131 e. The van der Waals surface area contributed by atoms with Gasteiger partial charge >= 0.3 is 0 Å². The fraction of sp³-hybridized carbons (Fsp3) is 0.600. The van der Waals surface area contributed by atoms with Gasteiger partial charge in [0.15, 0.2) is 0 Å². The van der Waals surface area contributed by atoms with Gasteiger partial charge in [0.2, 0.25) is 0 Å². The second-order valence-electron chi connectivity index (χ2n) is 3.91. The average Bonchev–Trinajstić information content (AvgIpc) is 2.04. The number of aromatic nitrogens is 2. The summed E-state index contributed by atoms with van der Waals surface area (Å²) in [7, 11) is 0. The molecule has 0 aliphatic heterocycles. The summed E-state index contributed by atoms with van der Waals surface area (Å²) in [6, 6.07) is 0. The lowest BCUT2D eigenvalue weighted by Crippen LogP contribution is -2.04. The van der Waals surface area contributed by atoms with Gasteiger partial charge in [0.25, 0.3) is 0 Å². The summed E-state index contributed by atoms with van der Waals surface area (Å²) in [6.45, 7) is 6.55. The van der Waals surface area contributed by atoms with Gasteiger partial charge in [0.1, 0.15) is 5.82 Å². The van der Waals surface area contributed by atoms with Crippen molar-refractivity contribution in [3.05, 3.63) is 18.2 Å². The minimum absolute atomic E-state index is 0.417. The van der Waals surface area contributed by atoms with Crippen LogP contribution in [0.15, 0.2) is 12.4 Å². The molecule has 2 N–H and O–H groups in total. The van der Waals surface area contributed by atoms with Crippen LogP contribution in [0.5, 0.6) is 0 Å². The molecule has 0 aliphatic carbocycles. The van der Waals surface area contributed by atoms with Crippen molar-refractivity contribution >= 4 is 5.69 Å². The van der Waals surface area contributed by atoms with Gasteiger partial charge in [-0.05, 0) is 12.3 Å². The number of nitrogens with zero attached hydrogens (tertiary/aromatic N) is 2. The minimum Gasteiger partial charge on any atom is -0.396 e. The summed E-state index contributed by atoms with van der Waals surface area (Å²) in [6.07, 6.45) is 4.45. The molecule has 0 bridgehead atoms. The molecule has 0 aromatic carbocycles. The molecule has 0 spiro atoms. The van der Waals surface area contributed by atoms with Crippen molar-refractivity contribution in [2.45, 2.75) is 33.1 Å². The molecular weight excluding hydrogens is 162 g/mol. The molecule has 3 heteroatoms. The zero-order chi connectivity index (χ0) is 9.84. The van der Waals surface area contributed by atoms with Crippen molar-refractivity contribution in [2.75, 3.05) is 5.73 Å². The van der Waals surface area contributed by atoms with Gasteiger partial charge < -0.3 is 5.73 Å². The fourth-order valence-electron chi connectivity index (χ4n) is 1.42. The Labute approximate surface area is 79.4 Å². The van der Waals surface area contributed by atoms with Crippen LogP contribution in [0.25, 0.3) is 0 Å². The first-order valence-electron chi connectivity index (χ1n) is 4.67. The van der Waals surface area contributed by atoms with E-state index in [-0.39, 0.29) is 0 Å². The van der Waals surface area contributed by atoms with Crippen LogP contribution in [0, 0.1) is 5.92 Å². The molecule has 0 aliphatic rings. The summed E-state index contributed by atoms with van der Waals surface area (Å²) in [5, 5.41) is 0. The Morgan fingerprint density at radius 3 is 2.23 bits per heavy atom. The summed E-state index contributed by atoms with van der Waals surface area (Å²) < 4.78 is 0. The molecule has 13 heavy (non-hydrogen) atoms. The van der Waals surface area contributed by atoms with Crippen LogP contribution in [0.2, 0.25) is 0 Å². The van der Waals surface area contributed by atoms with Gasteiger partial charge in [-0.3, -0.25) is 0 Å². The number of hydrogen-bond acceptors (Lipinski definition) is 3. The van der Waals surface area contributed by atoms with Gasteiger partial charge in [0, 0.05) is 5.92 Å². The molecule has 0 radical (unpaired) electrons. The van der Waals surface area contributed by atoms with E-state index >= 15 is 0 Å². The standard InChI is InChI=1S/C10H17N3/c1-7(2)4-8(3)10-12-5-9(11)6-13-10/h5-8H,4,11H2,1-3H3. The van der Waals surface area contributed by atoms with E-state index in [2.05, 4.69) is 30.7 Å². The lowest BCUT2D eigenvalue weighted by atomic mass is 9.98. The molecule has 0 saturated heterocycles. The average molecular weight is 179 g/mol. The van der Waals surface area contributed by atoms with Crippen LogP contribution in [0.1, 0.15) is 38.9 Å². The first kappa shape index (κ1) is 9.96. The first-order valence-corrected chi connectivity index (χ1v) is 4.67. The van der Waals surface area contributed by atoms with Crippen molar-refractivity contribution in [1.82, 2.24) is 9.97 Å². The molecule has 72 valence electrons. The lowest BCUT2D eigenvalue weighted by Gasteiger charge is -2.11. The van der Waals surface area contributed by atoms with Gasteiger partial charge in [0.05, 0.1) is 18.1 Å². The van der Waals surface area contributed by atoms with Crippen LogP contribution in [0.3, 0.4) is 0 Å². The van der Waals surface area contributed by atoms with Crippen molar-refractivity contribution in [3.8, 4) is 0 Å². The maximum Gasteiger partial charge on any atom is 0.131 e. The van der Waals surface area contributed by atoms with Crippen LogP contribution < -0.4 is 5.73 Å². The summed E-state index contributed by atoms with van der Waals surface area (Å²) in [5.41, 5.74) is 6.13. The van der Waals surface area contributed by atoms with Crippen molar-refractivity contribution in [3.63, 3.8) is 0 Å². The minimum atomic E-state index is 0.417. The fourth-order valence-corrected chi connectivity index (χ4v) is 1.42. The molecule has 1 rings (SSSR count). The Bertz CT molecular complexity index is 253. The van der Waals surface area contributed by atoms with Crippen molar-refractivity contribution in [2.24, 2.45) is 5.92 Å². The molecule has 1 heterocycles. The second-order valence-corrected chi connectivity index (χ2v) is 3.91. The number of nitrogens with two attached hydrogens (primary N) is 1. The lowest BCUT2D eigenvalue weighted by molar-refractivity contribution is 0.507. The summed E-state index contributed by atoms with van der Waals surface area (Å²) >= 11 is 0. The van der Waals surface area contributed by atoms with E-state index in [0.29, 0.717) is 17.5 Å². The van der Waals surface area contributed by atoms with Crippen molar-refractivity contribution in [1.29, 1.82) is 0 Å². The van der Waals surface area contributed by atoms with Gasteiger partial charge in [-0.15, -0.1) is 0 Å². The van der Waals surface area contributed by atoms with E-state index in [1.165, 1.54) is 0 Å². The van der Waals surface area contributed by atoms with E-state index in [1.807, 2.05) is 0 Å². The van der Waals surface area contributed by atoms with Crippen LogP contribution in [-0.2, 0) is 0 Å². The highest BCUT2D eigenvalue weighted by Gasteiger charge is 2.09. The van der Waals surface area contributed by atoms with Crippen LogP contribution >= 0.6 is 0 Å². The van der Waals surface area contributed by atoms with Gasteiger partial charge in [-0.25, -0.2) is 9.97 Å². The maximum absolute atomic E-state index is 5.50. The third kappa shape index (κ3) is 3.01. The Morgan fingerprint density at radius 1 is 1.23 bits per heavy atom. The van der Waals surface area contributed by atoms with Crippen LogP contribution in [-0.4, -0.2) is 9.97 Å². The Morgan fingerprint density at radius 2 is 1.77 bits per heavy atom. The molecule has 0 saturated carbocycles.